The first kappa shape index (κ1) is 27.7. The molecule has 0 saturated carbocycles. The molecule has 2 heterocycles. The lowest BCUT2D eigenvalue weighted by atomic mass is 10.0. The second-order valence-corrected chi connectivity index (χ2v) is 10.6. The second kappa shape index (κ2) is 10.8. The summed E-state index contributed by atoms with van der Waals surface area (Å²) in [5, 5.41) is 4.83. The number of imidazole rings is 1. The van der Waals surface area contributed by atoms with Gasteiger partial charge >= 0.3 is 6.18 Å². The minimum atomic E-state index is -4.63. The number of aromatic amines is 1. The van der Waals surface area contributed by atoms with E-state index in [1.165, 1.54) is 22.9 Å². The molecular formula is C34H21ClF4N4O. The van der Waals surface area contributed by atoms with Gasteiger partial charge in [-0.3, -0.25) is 4.68 Å². The van der Waals surface area contributed by atoms with E-state index in [9.17, 15) is 17.6 Å². The van der Waals surface area contributed by atoms with Gasteiger partial charge in [0.15, 0.2) is 0 Å². The number of ether oxygens (including phenoxy) is 1. The van der Waals surface area contributed by atoms with Crippen LogP contribution in [0, 0.1) is 5.82 Å². The van der Waals surface area contributed by atoms with E-state index in [0.29, 0.717) is 28.6 Å². The van der Waals surface area contributed by atoms with Crippen LogP contribution < -0.4 is 4.74 Å². The van der Waals surface area contributed by atoms with Crippen LogP contribution >= 0.6 is 11.6 Å². The van der Waals surface area contributed by atoms with E-state index in [2.05, 4.69) is 10.1 Å². The summed E-state index contributed by atoms with van der Waals surface area (Å²) in [6.07, 6.45) is -4.63. The quantitative estimate of drug-likeness (QED) is 0.190. The Morgan fingerprint density at radius 3 is 2.45 bits per heavy atom. The van der Waals surface area contributed by atoms with E-state index in [1.54, 1.807) is 30.3 Å². The zero-order valence-electron chi connectivity index (χ0n) is 22.7. The topological polar surface area (TPSA) is 55.7 Å². The lowest BCUT2D eigenvalue weighted by Gasteiger charge is -2.13. The van der Waals surface area contributed by atoms with Crippen molar-refractivity contribution >= 4 is 33.5 Å². The highest BCUT2D eigenvalue weighted by Crippen LogP contribution is 2.40. The highest BCUT2D eigenvalue weighted by Gasteiger charge is 2.34. The summed E-state index contributed by atoms with van der Waals surface area (Å²) >= 11 is 5.93. The normalized spacial score (nSPS) is 11.8. The van der Waals surface area contributed by atoms with Gasteiger partial charge in [0.1, 0.15) is 28.7 Å². The predicted octanol–water partition coefficient (Wildman–Crippen LogP) is 9.90. The van der Waals surface area contributed by atoms with Crippen LogP contribution in [0.2, 0.25) is 5.02 Å². The fourth-order valence-corrected chi connectivity index (χ4v) is 5.44. The van der Waals surface area contributed by atoms with E-state index >= 15 is 0 Å². The first-order chi connectivity index (χ1) is 21.2. The fourth-order valence-electron chi connectivity index (χ4n) is 5.28. The fraction of sp³-hybridized carbons (Fsp3) is 0.0588. The molecule has 0 amide bonds. The van der Waals surface area contributed by atoms with Gasteiger partial charge in [-0.05, 0) is 54.6 Å². The number of hydrogen-bond donors (Lipinski definition) is 1. The number of halogens is 5. The van der Waals surface area contributed by atoms with Crippen molar-refractivity contribution < 1.29 is 22.3 Å². The van der Waals surface area contributed by atoms with Crippen molar-refractivity contribution in [2.24, 2.45) is 0 Å². The van der Waals surface area contributed by atoms with E-state index < -0.39 is 17.6 Å². The molecule has 218 valence electrons. The number of nitrogens with zero attached hydrogens (tertiary/aromatic N) is 3. The maximum absolute atomic E-state index is 14.8. The summed E-state index contributed by atoms with van der Waals surface area (Å²) in [5.74, 6) is 1.02. The third kappa shape index (κ3) is 5.16. The summed E-state index contributed by atoms with van der Waals surface area (Å²) in [7, 11) is 0. The number of benzene rings is 5. The van der Waals surface area contributed by atoms with Crippen molar-refractivity contribution in [3.63, 3.8) is 0 Å². The molecule has 0 radical (unpaired) electrons. The molecule has 2 aromatic heterocycles. The van der Waals surface area contributed by atoms with E-state index in [4.69, 9.17) is 21.3 Å². The van der Waals surface area contributed by atoms with Crippen LogP contribution in [0.5, 0.6) is 11.5 Å². The molecule has 0 unspecified atom stereocenters. The molecule has 0 spiro atoms. The smallest absolute Gasteiger partial charge is 0.418 e. The Labute approximate surface area is 253 Å². The van der Waals surface area contributed by atoms with Gasteiger partial charge in [-0.1, -0.05) is 66.2 Å². The summed E-state index contributed by atoms with van der Waals surface area (Å²) in [6.45, 7) is -0.121. The molecule has 5 nitrogen and oxygen atoms in total. The first-order valence-electron chi connectivity index (χ1n) is 13.6. The summed E-state index contributed by atoms with van der Waals surface area (Å²) in [6, 6.07) is 30.2. The molecular weight excluding hydrogens is 592 g/mol. The minimum absolute atomic E-state index is 0.121. The Kier molecular flexibility index (Phi) is 6.82. The number of rotatable bonds is 6. The first-order valence-corrected chi connectivity index (χ1v) is 14.0. The van der Waals surface area contributed by atoms with Crippen molar-refractivity contribution in [2.45, 2.75) is 12.7 Å². The van der Waals surface area contributed by atoms with Gasteiger partial charge in [-0.2, -0.15) is 18.3 Å². The molecule has 10 heteroatoms. The number of para-hydroxylation sites is 3. The Hall–Kier alpha value is -5.15. The molecule has 0 aliphatic rings. The van der Waals surface area contributed by atoms with Crippen LogP contribution in [0.1, 0.15) is 11.1 Å². The third-order valence-electron chi connectivity index (χ3n) is 7.28. The van der Waals surface area contributed by atoms with E-state index in [1.807, 2.05) is 48.5 Å². The summed E-state index contributed by atoms with van der Waals surface area (Å²) in [4.78, 5) is 8.01. The van der Waals surface area contributed by atoms with Crippen LogP contribution in [0.3, 0.4) is 0 Å². The lowest BCUT2D eigenvalue weighted by molar-refractivity contribution is -0.136. The number of aromatic nitrogens is 4. The van der Waals surface area contributed by atoms with Gasteiger partial charge in [-0.15, -0.1) is 0 Å². The number of fused-ring (bicyclic) bond motifs is 2. The Balaban J connectivity index is 1.33. The summed E-state index contributed by atoms with van der Waals surface area (Å²) < 4.78 is 64.5. The van der Waals surface area contributed by atoms with Crippen molar-refractivity contribution in [3.8, 4) is 34.1 Å². The van der Waals surface area contributed by atoms with Gasteiger partial charge in [-0.25, -0.2) is 9.37 Å². The van der Waals surface area contributed by atoms with Crippen LogP contribution in [-0.2, 0) is 12.7 Å². The zero-order valence-corrected chi connectivity index (χ0v) is 23.5. The molecule has 0 saturated heterocycles. The van der Waals surface area contributed by atoms with Crippen LogP contribution in [0.25, 0.3) is 44.6 Å². The van der Waals surface area contributed by atoms with Crippen LogP contribution in [0.15, 0.2) is 109 Å². The average molecular weight is 613 g/mol. The van der Waals surface area contributed by atoms with Gasteiger partial charge in [0.2, 0.25) is 0 Å². The Morgan fingerprint density at radius 1 is 0.841 bits per heavy atom. The standard InChI is InChI=1S/C34H21ClF4N4O/c35-22-16-15-21(27(36)18-22)19-43-32(25-10-6-11-26(31(25)42-43)34(37,38)39)20-7-5-8-23(17-20)44-30-14-4-1-9-24(30)33-40-28-12-2-3-13-29(28)41-33/h1-18H,19H2,(H,40,41). The van der Waals surface area contributed by atoms with Gasteiger partial charge in [0.05, 0.1) is 34.4 Å². The third-order valence-corrected chi connectivity index (χ3v) is 7.51. The molecule has 0 fully saturated rings. The van der Waals surface area contributed by atoms with Crippen LogP contribution in [0.4, 0.5) is 17.6 Å². The molecule has 44 heavy (non-hydrogen) atoms. The maximum atomic E-state index is 14.8. The monoisotopic (exact) mass is 612 g/mol. The van der Waals surface area contributed by atoms with Crippen molar-refractivity contribution in [1.29, 1.82) is 0 Å². The van der Waals surface area contributed by atoms with Crippen molar-refractivity contribution in [2.75, 3.05) is 0 Å². The molecule has 0 bridgehead atoms. The lowest BCUT2D eigenvalue weighted by Crippen LogP contribution is -2.07. The SMILES string of the molecule is Fc1cc(Cl)ccc1Cn1nc2c(C(F)(F)F)cccc2c1-c1cccc(Oc2ccccc2-c2nc3ccccc3[nH]2)c1. The Morgan fingerprint density at radius 2 is 1.64 bits per heavy atom. The van der Waals surface area contributed by atoms with Gasteiger partial charge in [0, 0.05) is 21.5 Å². The highest BCUT2D eigenvalue weighted by molar-refractivity contribution is 6.30. The van der Waals surface area contributed by atoms with Gasteiger partial charge in [0.25, 0.3) is 0 Å². The summed E-state index contributed by atoms with van der Waals surface area (Å²) in [5.41, 5.74) is 2.48. The van der Waals surface area contributed by atoms with Crippen LogP contribution in [-0.4, -0.2) is 19.7 Å². The molecule has 0 atom stereocenters. The zero-order chi connectivity index (χ0) is 30.4. The number of alkyl halides is 3. The highest BCUT2D eigenvalue weighted by atomic mass is 35.5. The Bertz CT molecular complexity index is 2140. The molecule has 0 aliphatic heterocycles. The predicted molar refractivity (Wildman–Crippen MR) is 162 cm³/mol. The number of nitrogens with one attached hydrogen (secondary N) is 1. The molecule has 7 rings (SSSR count). The van der Waals surface area contributed by atoms with Gasteiger partial charge < -0.3 is 9.72 Å². The van der Waals surface area contributed by atoms with Crippen molar-refractivity contribution in [1.82, 2.24) is 19.7 Å². The van der Waals surface area contributed by atoms with E-state index in [-0.39, 0.29) is 28.0 Å². The average Bonchev–Trinajstić information content (AvgIpc) is 3.60. The molecule has 5 aromatic carbocycles. The van der Waals surface area contributed by atoms with E-state index in [0.717, 1.165) is 28.7 Å². The molecule has 7 aromatic rings. The molecule has 1 N–H and O–H groups in total. The second-order valence-electron chi connectivity index (χ2n) is 10.2. The minimum Gasteiger partial charge on any atom is -0.457 e. The largest absolute Gasteiger partial charge is 0.457 e. The maximum Gasteiger partial charge on any atom is 0.418 e. The number of hydrogen-bond acceptors (Lipinski definition) is 3. The molecule has 0 aliphatic carbocycles. The number of H-pyrrole nitrogens is 1. The van der Waals surface area contributed by atoms with Crippen molar-refractivity contribution in [3.05, 3.63) is 131 Å².